The summed E-state index contributed by atoms with van der Waals surface area (Å²) in [5.41, 5.74) is 0.944. The summed E-state index contributed by atoms with van der Waals surface area (Å²) >= 11 is 0. The zero-order valence-electron chi connectivity index (χ0n) is 13.4. The molecule has 0 spiro atoms. The van der Waals surface area contributed by atoms with Gasteiger partial charge in [-0.05, 0) is 25.3 Å². The lowest BCUT2D eigenvalue weighted by Crippen LogP contribution is -2.37. The number of hydrogen-bond acceptors (Lipinski definition) is 4. The second-order valence-electron chi connectivity index (χ2n) is 5.46. The normalized spacial score (nSPS) is 12.9. The van der Waals surface area contributed by atoms with E-state index in [0.29, 0.717) is 13.0 Å². The summed E-state index contributed by atoms with van der Waals surface area (Å²) in [5, 5.41) is 8.98. The lowest BCUT2D eigenvalue weighted by atomic mass is 10.0. The van der Waals surface area contributed by atoms with Crippen LogP contribution in [0.5, 0.6) is 0 Å². The number of sulfonamides is 1. The van der Waals surface area contributed by atoms with Gasteiger partial charge in [-0.1, -0.05) is 30.3 Å². The molecular weight excluding hydrogens is 330 g/mol. The van der Waals surface area contributed by atoms with E-state index in [9.17, 15) is 13.2 Å². The Balaban J connectivity index is 2.18. The summed E-state index contributed by atoms with van der Waals surface area (Å²) < 4.78 is 29.3. The first-order chi connectivity index (χ1) is 11.4. The molecule has 0 amide bonds. The Labute approximate surface area is 141 Å². The first-order valence-corrected chi connectivity index (χ1v) is 9.19. The molecule has 24 heavy (non-hydrogen) atoms. The summed E-state index contributed by atoms with van der Waals surface area (Å²) in [6, 6.07) is 8.87. The van der Waals surface area contributed by atoms with Crippen molar-refractivity contribution in [2.75, 3.05) is 0 Å². The summed E-state index contributed by atoms with van der Waals surface area (Å²) in [4.78, 5) is 14.7. The van der Waals surface area contributed by atoms with E-state index < -0.39 is 22.0 Å². The number of benzene rings is 1. The van der Waals surface area contributed by atoms with Crippen LogP contribution in [0, 0.1) is 0 Å². The molecule has 0 aliphatic heterocycles. The minimum Gasteiger partial charge on any atom is -0.481 e. The predicted octanol–water partition coefficient (Wildman–Crippen LogP) is 1.66. The van der Waals surface area contributed by atoms with Gasteiger partial charge in [-0.25, -0.2) is 18.1 Å². The van der Waals surface area contributed by atoms with Crippen LogP contribution in [0.3, 0.4) is 0 Å². The predicted molar refractivity (Wildman–Crippen MR) is 89.0 cm³/mol. The topological polar surface area (TPSA) is 101 Å². The molecule has 7 nitrogen and oxygen atoms in total. The number of nitrogens with zero attached hydrogens (tertiary/aromatic N) is 2. The third kappa shape index (κ3) is 4.90. The summed E-state index contributed by atoms with van der Waals surface area (Å²) in [7, 11) is -3.77. The quantitative estimate of drug-likeness (QED) is 0.715. The number of carbonyl (C=O) groups is 1. The number of carboxylic acids is 1. The lowest BCUT2D eigenvalue weighted by Gasteiger charge is -2.18. The number of aliphatic carboxylic acids is 1. The monoisotopic (exact) mass is 351 g/mol. The zero-order chi connectivity index (χ0) is 17.6. The van der Waals surface area contributed by atoms with E-state index in [1.807, 2.05) is 37.3 Å². The van der Waals surface area contributed by atoms with Crippen LogP contribution in [0.1, 0.15) is 25.3 Å². The van der Waals surface area contributed by atoms with Gasteiger partial charge in [-0.15, -0.1) is 0 Å². The maximum atomic E-state index is 12.6. The number of hydrogen-bond donors (Lipinski definition) is 2. The van der Waals surface area contributed by atoms with Gasteiger partial charge in [0, 0.05) is 19.0 Å². The van der Waals surface area contributed by atoms with E-state index in [-0.39, 0.29) is 17.9 Å². The maximum absolute atomic E-state index is 12.6. The number of carboxylic acid groups (broad SMARTS) is 1. The number of aryl methyl sites for hydroxylation is 1. The zero-order valence-corrected chi connectivity index (χ0v) is 14.2. The van der Waals surface area contributed by atoms with E-state index in [2.05, 4.69) is 9.71 Å². The number of nitrogens with one attached hydrogen (secondary N) is 1. The Hall–Kier alpha value is -2.19. The first kappa shape index (κ1) is 18.2. The van der Waals surface area contributed by atoms with Gasteiger partial charge >= 0.3 is 5.97 Å². The van der Waals surface area contributed by atoms with Gasteiger partial charge in [0.15, 0.2) is 5.03 Å². The molecule has 130 valence electrons. The van der Waals surface area contributed by atoms with Crippen LogP contribution in [-0.4, -0.2) is 35.1 Å². The number of rotatable bonds is 9. The molecule has 0 bridgehead atoms. The van der Waals surface area contributed by atoms with Gasteiger partial charge in [0.2, 0.25) is 0 Å². The molecule has 0 saturated heterocycles. The fourth-order valence-corrected chi connectivity index (χ4v) is 3.89. The minimum absolute atomic E-state index is 0.0818. The average Bonchev–Trinajstić information content (AvgIpc) is 3.03. The third-order valence-electron chi connectivity index (χ3n) is 3.64. The highest BCUT2D eigenvalue weighted by Gasteiger charge is 2.24. The van der Waals surface area contributed by atoms with Crippen molar-refractivity contribution in [3.05, 3.63) is 48.4 Å². The van der Waals surface area contributed by atoms with E-state index in [1.54, 1.807) is 0 Å². The van der Waals surface area contributed by atoms with Crippen molar-refractivity contribution < 1.29 is 18.3 Å². The van der Waals surface area contributed by atoms with E-state index >= 15 is 0 Å². The third-order valence-corrected chi connectivity index (χ3v) is 5.18. The SMILES string of the molecule is CCn1cncc1S(=O)(=O)NC(CCC(=O)O)Cc1ccccc1. The lowest BCUT2D eigenvalue weighted by molar-refractivity contribution is -0.137. The van der Waals surface area contributed by atoms with Gasteiger partial charge < -0.3 is 9.67 Å². The minimum atomic E-state index is -3.77. The van der Waals surface area contributed by atoms with E-state index in [4.69, 9.17) is 5.11 Å². The largest absolute Gasteiger partial charge is 0.481 e. The van der Waals surface area contributed by atoms with Crippen molar-refractivity contribution in [2.45, 2.75) is 43.8 Å². The Morgan fingerprint density at radius 1 is 1.33 bits per heavy atom. The van der Waals surface area contributed by atoms with Crippen molar-refractivity contribution in [1.82, 2.24) is 14.3 Å². The molecule has 1 aromatic carbocycles. The van der Waals surface area contributed by atoms with E-state index in [1.165, 1.54) is 17.1 Å². The van der Waals surface area contributed by atoms with Crippen molar-refractivity contribution in [3.8, 4) is 0 Å². The molecule has 0 fully saturated rings. The highest BCUT2D eigenvalue weighted by Crippen LogP contribution is 2.13. The fraction of sp³-hybridized carbons (Fsp3) is 0.375. The smallest absolute Gasteiger partial charge is 0.303 e. The summed E-state index contributed by atoms with van der Waals surface area (Å²) in [6.45, 7) is 2.31. The van der Waals surface area contributed by atoms with Crippen molar-refractivity contribution >= 4 is 16.0 Å². The molecule has 0 aliphatic carbocycles. The molecule has 2 N–H and O–H groups in total. The molecular formula is C16H21N3O4S. The second kappa shape index (κ2) is 8.07. The number of aromatic nitrogens is 2. The van der Waals surface area contributed by atoms with Crippen LogP contribution in [-0.2, 0) is 27.8 Å². The fourth-order valence-electron chi connectivity index (χ4n) is 2.45. The highest BCUT2D eigenvalue weighted by atomic mass is 32.2. The van der Waals surface area contributed by atoms with Crippen LogP contribution in [0.2, 0.25) is 0 Å². The first-order valence-electron chi connectivity index (χ1n) is 7.70. The van der Waals surface area contributed by atoms with E-state index in [0.717, 1.165) is 5.56 Å². The number of imidazole rings is 1. The van der Waals surface area contributed by atoms with Crippen molar-refractivity contribution in [2.24, 2.45) is 0 Å². The Morgan fingerprint density at radius 2 is 2.04 bits per heavy atom. The second-order valence-corrected chi connectivity index (χ2v) is 7.12. The van der Waals surface area contributed by atoms with Gasteiger partial charge in [0.1, 0.15) is 0 Å². The maximum Gasteiger partial charge on any atom is 0.303 e. The van der Waals surface area contributed by atoms with Gasteiger partial charge in [0.25, 0.3) is 10.0 Å². The average molecular weight is 351 g/mol. The molecule has 2 aromatic rings. The van der Waals surface area contributed by atoms with Crippen LogP contribution >= 0.6 is 0 Å². The Morgan fingerprint density at radius 3 is 2.67 bits per heavy atom. The summed E-state index contributed by atoms with van der Waals surface area (Å²) in [5.74, 6) is -0.953. The van der Waals surface area contributed by atoms with Crippen molar-refractivity contribution in [3.63, 3.8) is 0 Å². The highest BCUT2D eigenvalue weighted by molar-refractivity contribution is 7.89. The molecule has 2 rings (SSSR count). The summed E-state index contributed by atoms with van der Waals surface area (Å²) in [6.07, 6.45) is 3.28. The van der Waals surface area contributed by atoms with Gasteiger partial charge in [-0.2, -0.15) is 0 Å². The van der Waals surface area contributed by atoms with Gasteiger partial charge in [-0.3, -0.25) is 4.79 Å². The van der Waals surface area contributed by atoms with Crippen LogP contribution in [0.15, 0.2) is 47.9 Å². The Bertz CT molecular complexity index is 772. The van der Waals surface area contributed by atoms with Crippen LogP contribution < -0.4 is 4.72 Å². The molecule has 8 heteroatoms. The van der Waals surface area contributed by atoms with Crippen LogP contribution in [0.4, 0.5) is 0 Å². The molecule has 1 unspecified atom stereocenters. The molecule has 0 saturated carbocycles. The van der Waals surface area contributed by atoms with Gasteiger partial charge in [0.05, 0.1) is 12.5 Å². The standard InChI is InChI=1S/C16H21N3O4S/c1-2-19-12-17-11-15(19)24(22,23)18-14(8-9-16(20)21)10-13-6-4-3-5-7-13/h3-7,11-12,14,18H,2,8-10H2,1H3,(H,20,21). The molecule has 0 aliphatic rings. The van der Waals surface area contributed by atoms with Crippen molar-refractivity contribution in [1.29, 1.82) is 0 Å². The molecule has 1 aromatic heterocycles. The molecule has 1 heterocycles. The molecule has 0 radical (unpaired) electrons. The molecule has 1 atom stereocenters. The van der Waals surface area contributed by atoms with Crippen LogP contribution in [0.25, 0.3) is 0 Å². The Kier molecular flexibility index (Phi) is 6.10.